The number of carbonyl (C=O) groups excluding carboxylic acids is 3. The van der Waals surface area contributed by atoms with Gasteiger partial charge in [0.25, 0.3) is 0 Å². The lowest BCUT2D eigenvalue weighted by molar-refractivity contribution is -0.135. The highest BCUT2D eigenvalue weighted by Crippen LogP contribution is 2.25. The summed E-state index contributed by atoms with van der Waals surface area (Å²) in [7, 11) is 0. The molecular weight excluding hydrogens is 512 g/mol. The quantitative estimate of drug-likeness (QED) is 0.194. The molecule has 8 N–H and O–H groups in total. The zero-order valence-corrected chi connectivity index (χ0v) is 22.9. The normalized spacial score (nSPS) is 12.4. The molecule has 0 unspecified atom stereocenters. The van der Waals surface area contributed by atoms with Crippen LogP contribution in [-0.2, 0) is 27.3 Å². The van der Waals surface area contributed by atoms with E-state index in [-0.39, 0.29) is 31.3 Å². The van der Waals surface area contributed by atoms with Crippen molar-refractivity contribution in [2.45, 2.75) is 37.9 Å². The number of nitrogens with one attached hydrogen (secondary N) is 2. The maximum absolute atomic E-state index is 13.2. The van der Waals surface area contributed by atoms with Crippen molar-refractivity contribution in [1.29, 1.82) is 0 Å². The van der Waals surface area contributed by atoms with E-state index in [4.69, 9.17) is 17.2 Å². The van der Waals surface area contributed by atoms with Gasteiger partial charge in [0.1, 0.15) is 6.04 Å². The van der Waals surface area contributed by atoms with Crippen LogP contribution in [0, 0.1) is 0 Å². The fourth-order valence-electron chi connectivity index (χ4n) is 4.18. The molecule has 0 radical (unpaired) electrons. The average Bonchev–Trinajstić information content (AvgIpc) is 3.49. The molecule has 2 aromatic carbocycles. The Bertz CT molecular complexity index is 1180. The van der Waals surface area contributed by atoms with Crippen LogP contribution in [0.4, 0.5) is 0 Å². The molecule has 208 valence electrons. The number of benzene rings is 2. The summed E-state index contributed by atoms with van der Waals surface area (Å²) >= 11 is 1.65. The molecule has 0 saturated carbocycles. The molecule has 2 atom stereocenters. The standard InChI is InChI=1S/C29H38N6O3S/c30-13-15-35(16-14-31)27(36)19-24(32)28(37)34-25(12-11-21-6-2-1-3-7-21)29(38)33-20-22-8-4-9-23(18-22)26-10-5-17-39-26/h1-10,17-18,24-25H,11-16,19-20,30-32H2,(H,33,38)(H,34,37)/t24-,25-/m0/s1. The van der Waals surface area contributed by atoms with Gasteiger partial charge in [0.2, 0.25) is 17.7 Å². The van der Waals surface area contributed by atoms with Crippen LogP contribution in [0.1, 0.15) is 24.0 Å². The van der Waals surface area contributed by atoms with Gasteiger partial charge >= 0.3 is 0 Å². The Balaban J connectivity index is 1.64. The van der Waals surface area contributed by atoms with E-state index >= 15 is 0 Å². The van der Waals surface area contributed by atoms with Gasteiger partial charge in [-0.25, -0.2) is 0 Å². The first-order valence-corrected chi connectivity index (χ1v) is 14.0. The second kappa shape index (κ2) is 15.7. The number of amides is 3. The number of nitrogens with zero attached hydrogens (tertiary/aromatic N) is 1. The SMILES string of the molecule is NCCN(CCN)C(=O)C[C@H](N)C(=O)N[C@@H](CCc1ccccc1)C(=O)NCc1cccc(-c2cccs2)c1. The lowest BCUT2D eigenvalue weighted by Gasteiger charge is -2.24. The van der Waals surface area contributed by atoms with E-state index in [1.807, 2.05) is 66.0 Å². The molecule has 3 amide bonds. The third-order valence-electron chi connectivity index (χ3n) is 6.28. The molecule has 0 aliphatic carbocycles. The summed E-state index contributed by atoms with van der Waals surface area (Å²) in [5, 5.41) is 7.75. The van der Waals surface area contributed by atoms with E-state index in [9.17, 15) is 14.4 Å². The first-order valence-electron chi connectivity index (χ1n) is 13.1. The topological polar surface area (TPSA) is 157 Å². The predicted molar refractivity (Wildman–Crippen MR) is 156 cm³/mol. The highest BCUT2D eigenvalue weighted by Gasteiger charge is 2.26. The van der Waals surface area contributed by atoms with Crippen molar-refractivity contribution in [2.24, 2.45) is 17.2 Å². The summed E-state index contributed by atoms with van der Waals surface area (Å²) in [6.45, 7) is 1.55. The first-order chi connectivity index (χ1) is 18.9. The third-order valence-corrected chi connectivity index (χ3v) is 7.20. The Morgan fingerprint density at radius 1 is 0.872 bits per heavy atom. The molecule has 3 aromatic rings. The van der Waals surface area contributed by atoms with E-state index in [0.29, 0.717) is 32.5 Å². The van der Waals surface area contributed by atoms with Crippen LogP contribution < -0.4 is 27.8 Å². The molecule has 0 aliphatic rings. The van der Waals surface area contributed by atoms with Crippen molar-refractivity contribution >= 4 is 29.1 Å². The highest BCUT2D eigenvalue weighted by molar-refractivity contribution is 7.13. The molecular formula is C29H38N6O3S. The monoisotopic (exact) mass is 550 g/mol. The molecule has 1 aromatic heterocycles. The maximum atomic E-state index is 13.2. The molecule has 0 bridgehead atoms. The average molecular weight is 551 g/mol. The van der Waals surface area contributed by atoms with E-state index in [1.54, 1.807) is 11.3 Å². The second-order valence-electron chi connectivity index (χ2n) is 9.25. The van der Waals surface area contributed by atoms with Gasteiger partial charge in [-0.3, -0.25) is 14.4 Å². The summed E-state index contributed by atoms with van der Waals surface area (Å²) in [6.07, 6.45) is 0.764. The minimum Gasteiger partial charge on any atom is -0.350 e. The number of aryl methyl sites for hydroxylation is 1. The van der Waals surface area contributed by atoms with Crippen molar-refractivity contribution in [1.82, 2.24) is 15.5 Å². The molecule has 10 heteroatoms. The van der Waals surface area contributed by atoms with Gasteiger partial charge < -0.3 is 32.7 Å². The first kappa shape index (κ1) is 30.0. The summed E-state index contributed by atoms with van der Waals surface area (Å²) in [4.78, 5) is 41.5. The number of nitrogens with two attached hydrogens (primary N) is 3. The van der Waals surface area contributed by atoms with Gasteiger partial charge in [-0.2, -0.15) is 0 Å². The fourth-order valence-corrected chi connectivity index (χ4v) is 4.90. The van der Waals surface area contributed by atoms with Crippen LogP contribution in [-0.4, -0.2) is 60.9 Å². The van der Waals surface area contributed by atoms with Crippen LogP contribution in [0.3, 0.4) is 0 Å². The number of carbonyl (C=O) groups is 3. The molecule has 3 rings (SSSR count). The Morgan fingerprint density at radius 3 is 2.26 bits per heavy atom. The predicted octanol–water partition coefficient (Wildman–Crippen LogP) is 1.61. The second-order valence-corrected chi connectivity index (χ2v) is 10.2. The van der Waals surface area contributed by atoms with Crippen molar-refractivity contribution in [3.63, 3.8) is 0 Å². The summed E-state index contributed by atoms with van der Waals surface area (Å²) < 4.78 is 0. The Kier molecular flexibility index (Phi) is 12.1. The molecule has 0 saturated heterocycles. The molecule has 0 spiro atoms. The van der Waals surface area contributed by atoms with Crippen LogP contribution in [0.25, 0.3) is 10.4 Å². The van der Waals surface area contributed by atoms with E-state index in [2.05, 4.69) is 16.7 Å². The molecule has 39 heavy (non-hydrogen) atoms. The number of hydrogen-bond acceptors (Lipinski definition) is 7. The zero-order valence-electron chi connectivity index (χ0n) is 22.1. The van der Waals surface area contributed by atoms with Crippen molar-refractivity contribution < 1.29 is 14.4 Å². The van der Waals surface area contributed by atoms with Gasteiger partial charge in [0.05, 0.1) is 12.5 Å². The van der Waals surface area contributed by atoms with Gasteiger partial charge in [-0.15, -0.1) is 11.3 Å². The van der Waals surface area contributed by atoms with E-state index in [1.165, 1.54) is 4.90 Å². The minimum atomic E-state index is -1.11. The Hall–Kier alpha value is -3.57. The number of hydrogen-bond donors (Lipinski definition) is 5. The molecule has 0 aliphatic heterocycles. The van der Waals surface area contributed by atoms with Crippen LogP contribution in [0.5, 0.6) is 0 Å². The Labute approximate surface area is 233 Å². The number of thiophene rings is 1. The van der Waals surface area contributed by atoms with Gasteiger partial charge in [-0.05, 0) is 47.0 Å². The largest absolute Gasteiger partial charge is 0.350 e. The maximum Gasteiger partial charge on any atom is 0.242 e. The minimum absolute atomic E-state index is 0.200. The van der Waals surface area contributed by atoms with Crippen LogP contribution in [0.2, 0.25) is 0 Å². The van der Waals surface area contributed by atoms with E-state index < -0.39 is 18.0 Å². The van der Waals surface area contributed by atoms with E-state index in [0.717, 1.165) is 21.6 Å². The summed E-state index contributed by atoms with van der Waals surface area (Å²) in [5.74, 6) is -1.17. The smallest absolute Gasteiger partial charge is 0.242 e. The van der Waals surface area contributed by atoms with Crippen molar-refractivity contribution in [2.75, 3.05) is 26.2 Å². The van der Waals surface area contributed by atoms with Gasteiger partial charge in [0, 0.05) is 37.6 Å². The lowest BCUT2D eigenvalue weighted by Crippen LogP contribution is -2.53. The molecule has 9 nitrogen and oxygen atoms in total. The lowest BCUT2D eigenvalue weighted by atomic mass is 10.0. The van der Waals surface area contributed by atoms with Crippen LogP contribution >= 0.6 is 11.3 Å². The molecule has 1 heterocycles. The summed E-state index contributed by atoms with van der Waals surface area (Å²) in [5.41, 5.74) is 20.3. The fraction of sp³-hybridized carbons (Fsp3) is 0.345. The van der Waals surface area contributed by atoms with Gasteiger partial charge in [-0.1, -0.05) is 54.6 Å². The third kappa shape index (κ3) is 9.60. The number of rotatable bonds is 15. The van der Waals surface area contributed by atoms with Crippen molar-refractivity contribution in [3.8, 4) is 10.4 Å². The molecule has 0 fully saturated rings. The Morgan fingerprint density at radius 2 is 1.59 bits per heavy atom. The van der Waals surface area contributed by atoms with Gasteiger partial charge in [0.15, 0.2) is 0 Å². The zero-order chi connectivity index (χ0) is 28.0. The summed E-state index contributed by atoms with van der Waals surface area (Å²) in [6, 6.07) is 19.8. The van der Waals surface area contributed by atoms with Crippen LogP contribution in [0.15, 0.2) is 72.1 Å². The van der Waals surface area contributed by atoms with Crippen molar-refractivity contribution in [3.05, 3.63) is 83.2 Å². The highest BCUT2D eigenvalue weighted by atomic mass is 32.1.